The van der Waals surface area contributed by atoms with E-state index >= 15 is 0 Å². The molecule has 11 heavy (non-hydrogen) atoms. The molecule has 4 nitrogen and oxygen atoms in total. The molecule has 0 unspecified atom stereocenters. The van der Waals surface area contributed by atoms with E-state index in [2.05, 4.69) is 10.8 Å². The minimum Gasteiger partial charge on any atom is -0.334 e. The lowest BCUT2D eigenvalue weighted by atomic mass is 10.4. The third kappa shape index (κ3) is 7.12. The molecule has 0 spiro atoms. The number of rotatable bonds is 3. The van der Waals surface area contributed by atoms with Gasteiger partial charge in [0, 0.05) is 6.04 Å². The Bertz CT molecular complexity index is 124. The molecule has 0 aliphatic carbocycles. The standard InChI is InChI=1S/C7H16N2O2/c1-5(2)8-7(10)9-11-6(3)4/h5-6H,1-4H3,(H2,8,9,10). The molecule has 0 fully saturated rings. The molecule has 0 bridgehead atoms. The fourth-order valence-corrected chi connectivity index (χ4v) is 0.463. The molecule has 0 saturated carbocycles. The highest BCUT2D eigenvalue weighted by Crippen LogP contribution is 1.82. The number of nitrogens with one attached hydrogen (secondary N) is 2. The third-order valence-electron chi connectivity index (χ3n) is 0.807. The van der Waals surface area contributed by atoms with Crippen LogP contribution in [-0.4, -0.2) is 18.2 Å². The summed E-state index contributed by atoms with van der Waals surface area (Å²) in [5.41, 5.74) is 2.26. The van der Waals surface area contributed by atoms with Gasteiger partial charge in [0.15, 0.2) is 0 Å². The lowest BCUT2D eigenvalue weighted by Gasteiger charge is -2.11. The van der Waals surface area contributed by atoms with Gasteiger partial charge in [-0.15, -0.1) is 0 Å². The molecule has 0 rings (SSSR count). The Kier molecular flexibility index (Phi) is 4.61. The topological polar surface area (TPSA) is 50.4 Å². The molecule has 0 aromatic rings. The van der Waals surface area contributed by atoms with Crippen LogP contribution < -0.4 is 10.8 Å². The SMILES string of the molecule is CC(C)NC(=O)NOC(C)C. The summed E-state index contributed by atoms with van der Waals surface area (Å²) in [6, 6.07) is -0.167. The van der Waals surface area contributed by atoms with E-state index in [1.807, 2.05) is 27.7 Å². The van der Waals surface area contributed by atoms with Crippen molar-refractivity contribution in [1.82, 2.24) is 10.8 Å². The monoisotopic (exact) mass is 160 g/mol. The Morgan fingerprint density at radius 1 is 1.27 bits per heavy atom. The molecular weight excluding hydrogens is 144 g/mol. The van der Waals surface area contributed by atoms with E-state index in [0.29, 0.717) is 0 Å². The maximum Gasteiger partial charge on any atom is 0.338 e. The van der Waals surface area contributed by atoms with Crippen molar-refractivity contribution in [1.29, 1.82) is 0 Å². The lowest BCUT2D eigenvalue weighted by Crippen LogP contribution is -2.40. The highest BCUT2D eigenvalue weighted by Gasteiger charge is 2.02. The number of hydrogen-bond donors (Lipinski definition) is 2. The molecule has 0 saturated heterocycles. The van der Waals surface area contributed by atoms with Crippen molar-refractivity contribution in [2.24, 2.45) is 0 Å². The highest BCUT2D eigenvalue weighted by molar-refractivity contribution is 5.72. The van der Waals surface area contributed by atoms with Gasteiger partial charge in [-0.1, -0.05) is 0 Å². The summed E-state index contributed by atoms with van der Waals surface area (Å²) >= 11 is 0. The molecule has 0 heterocycles. The number of hydroxylamine groups is 1. The van der Waals surface area contributed by atoms with E-state index < -0.39 is 0 Å². The summed E-state index contributed by atoms with van der Waals surface area (Å²) in [5.74, 6) is 0. The fourth-order valence-electron chi connectivity index (χ4n) is 0.463. The summed E-state index contributed by atoms with van der Waals surface area (Å²) < 4.78 is 0. The first-order chi connectivity index (χ1) is 5.02. The number of carbonyl (C=O) groups is 1. The van der Waals surface area contributed by atoms with Crippen molar-refractivity contribution in [3.05, 3.63) is 0 Å². The predicted molar refractivity (Wildman–Crippen MR) is 43.0 cm³/mol. The number of urea groups is 1. The summed E-state index contributed by atoms with van der Waals surface area (Å²) in [5, 5.41) is 2.62. The molecule has 0 aliphatic rings. The number of hydrogen-bond acceptors (Lipinski definition) is 2. The molecule has 2 amide bonds. The average Bonchev–Trinajstić information content (AvgIpc) is 1.82. The average molecular weight is 160 g/mol. The Morgan fingerprint density at radius 3 is 2.18 bits per heavy atom. The van der Waals surface area contributed by atoms with E-state index in [-0.39, 0.29) is 18.2 Å². The van der Waals surface area contributed by atoms with Crippen LogP contribution in [0.2, 0.25) is 0 Å². The van der Waals surface area contributed by atoms with Gasteiger partial charge in [-0.3, -0.25) is 4.84 Å². The second-order valence-corrected chi connectivity index (χ2v) is 2.90. The highest BCUT2D eigenvalue weighted by atomic mass is 16.7. The maximum atomic E-state index is 10.8. The van der Waals surface area contributed by atoms with Crippen molar-refractivity contribution < 1.29 is 9.63 Å². The minimum atomic E-state index is -0.298. The van der Waals surface area contributed by atoms with Gasteiger partial charge in [0.05, 0.1) is 6.10 Å². The molecule has 0 aliphatic heterocycles. The van der Waals surface area contributed by atoms with Gasteiger partial charge in [-0.05, 0) is 27.7 Å². The zero-order valence-corrected chi connectivity index (χ0v) is 7.47. The molecule has 0 atom stereocenters. The molecule has 0 radical (unpaired) electrons. The molecule has 4 heteroatoms. The van der Waals surface area contributed by atoms with Crippen LogP contribution in [0.4, 0.5) is 4.79 Å². The van der Waals surface area contributed by atoms with Crippen LogP contribution in [0.15, 0.2) is 0 Å². The van der Waals surface area contributed by atoms with Gasteiger partial charge in [0.1, 0.15) is 0 Å². The van der Waals surface area contributed by atoms with Crippen molar-refractivity contribution >= 4 is 6.03 Å². The Labute approximate surface area is 67.3 Å². The van der Waals surface area contributed by atoms with Gasteiger partial charge in [-0.2, -0.15) is 0 Å². The van der Waals surface area contributed by atoms with Gasteiger partial charge in [0.25, 0.3) is 0 Å². The molecular formula is C7H16N2O2. The van der Waals surface area contributed by atoms with Crippen LogP contribution in [-0.2, 0) is 4.84 Å². The first-order valence-electron chi connectivity index (χ1n) is 3.74. The first kappa shape index (κ1) is 10.2. The summed E-state index contributed by atoms with van der Waals surface area (Å²) in [6.45, 7) is 7.45. The first-order valence-corrected chi connectivity index (χ1v) is 3.74. The largest absolute Gasteiger partial charge is 0.338 e. The zero-order chi connectivity index (χ0) is 8.85. The Hall–Kier alpha value is -0.770. The quantitative estimate of drug-likeness (QED) is 0.606. The predicted octanol–water partition coefficient (Wildman–Crippen LogP) is 1.03. The molecule has 2 N–H and O–H groups in total. The van der Waals surface area contributed by atoms with Gasteiger partial charge >= 0.3 is 6.03 Å². The van der Waals surface area contributed by atoms with E-state index in [1.165, 1.54) is 0 Å². The zero-order valence-electron chi connectivity index (χ0n) is 7.47. The van der Waals surface area contributed by atoms with Crippen LogP contribution in [0.1, 0.15) is 27.7 Å². The van der Waals surface area contributed by atoms with Gasteiger partial charge in [-0.25, -0.2) is 10.3 Å². The van der Waals surface area contributed by atoms with Crippen molar-refractivity contribution in [3.63, 3.8) is 0 Å². The molecule has 0 aromatic heterocycles. The van der Waals surface area contributed by atoms with Crippen LogP contribution in [0.25, 0.3) is 0 Å². The normalized spacial score (nSPS) is 10.4. The lowest BCUT2D eigenvalue weighted by molar-refractivity contribution is 0.0158. The smallest absolute Gasteiger partial charge is 0.334 e. The Morgan fingerprint density at radius 2 is 1.82 bits per heavy atom. The van der Waals surface area contributed by atoms with E-state index in [0.717, 1.165) is 0 Å². The second kappa shape index (κ2) is 4.96. The van der Waals surface area contributed by atoms with Gasteiger partial charge in [0.2, 0.25) is 0 Å². The van der Waals surface area contributed by atoms with E-state index in [9.17, 15) is 4.79 Å². The molecule has 0 aromatic carbocycles. The van der Waals surface area contributed by atoms with Gasteiger partial charge < -0.3 is 5.32 Å². The van der Waals surface area contributed by atoms with Crippen LogP contribution in [0.3, 0.4) is 0 Å². The summed E-state index contributed by atoms with van der Waals surface area (Å²) in [4.78, 5) is 15.7. The Balaban J connectivity index is 3.38. The fraction of sp³-hybridized carbons (Fsp3) is 0.857. The van der Waals surface area contributed by atoms with Crippen molar-refractivity contribution in [2.75, 3.05) is 0 Å². The van der Waals surface area contributed by atoms with Crippen molar-refractivity contribution in [2.45, 2.75) is 39.8 Å². The third-order valence-corrected chi connectivity index (χ3v) is 0.807. The minimum absolute atomic E-state index is 0.00733. The van der Waals surface area contributed by atoms with Crippen LogP contribution >= 0.6 is 0 Å². The van der Waals surface area contributed by atoms with Crippen LogP contribution in [0.5, 0.6) is 0 Å². The van der Waals surface area contributed by atoms with E-state index in [4.69, 9.17) is 4.84 Å². The number of carbonyl (C=O) groups excluding carboxylic acids is 1. The van der Waals surface area contributed by atoms with E-state index in [1.54, 1.807) is 0 Å². The molecule has 66 valence electrons. The van der Waals surface area contributed by atoms with Crippen LogP contribution in [0, 0.1) is 0 Å². The summed E-state index contributed by atoms with van der Waals surface area (Å²) in [7, 11) is 0. The second-order valence-electron chi connectivity index (χ2n) is 2.90. The summed E-state index contributed by atoms with van der Waals surface area (Å²) in [6.07, 6.45) is 0.00733. The van der Waals surface area contributed by atoms with Crippen molar-refractivity contribution in [3.8, 4) is 0 Å². The maximum absolute atomic E-state index is 10.8. The number of amides is 2.